The van der Waals surface area contributed by atoms with Gasteiger partial charge in [0.25, 0.3) is 5.91 Å². The second-order valence-corrected chi connectivity index (χ2v) is 6.96. The van der Waals surface area contributed by atoms with Gasteiger partial charge in [0.2, 0.25) is 5.91 Å². The zero-order chi connectivity index (χ0) is 20.5. The molecular weight excluding hydrogens is 371 g/mol. The molecule has 2 amide bonds. The van der Waals surface area contributed by atoms with E-state index in [9.17, 15) is 22.8 Å². The minimum absolute atomic E-state index is 0.0142. The monoisotopic (exact) mass is 391 g/mol. The highest BCUT2D eigenvalue weighted by molar-refractivity contribution is 6.04. The Morgan fingerprint density at radius 1 is 1.07 bits per heavy atom. The van der Waals surface area contributed by atoms with E-state index >= 15 is 0 Å². The van der Waals surface area contributed by atoms with Crippen LogP contribution in [0.3, 0.4) is 0 Å². The van der Waals surface area contributed by atoms with Gasteiger partial charge < -0.3 is 16.4 Å². The van der Waals surface area contributed by atoms with Crippen LogP contribution in [0.4, 0.5) is 24.5 Å². The lowest BCUT2D eigenvalue weighted by atomic mass is 10.1. The van der Waals surface area contributed by atoms with Gasteiger partial charge in [0, 0.05) is 29.4 Å². The molecule has 0 aliphatic heterocycles. The molecule has 0 saturated heterocycles. The number of anilines is 2. The van der Waals surface area contributed by atoms with Gasteiger partial charge in [-0.1, -0.05) is 6.92 Å². The van der Waals surface area contributed by atoms with Gasteiger partial charge in [-0.25, -0.2) is 0 Å². The fourth-order valence-electron chi connectivity index (χ4n) is 2.88. The van der Waals surface area contributed by atoms with E-state index in [2.05, 4.69) is 10.6 Å². The third-order valence-electron chi connectivity index (χ3n) is 4.67. The molecule has 148 valence electrons. The summed E-state index contributed by atoms with van der Waals surface area (Å²) in [6.07, 6.45) is -3.67. The molecule has 0 spiro atoms. The first kappa shape index (κ1) is 19.9. The maximum Gasteiger partial charge on any atom is 0.416 e. The molecule has 2 aromatic rings. The Labute approximate surface area is 160 Å². The molecule has 8 heteroatoms. The molecule has 4 N–H and O–H groups in total. The average molecular weight is 391 g/mol. The molecule has 2 unspecified atom stereocenters. The highest BCUT2D eigenvalue weighted by Crippen LogP contribution is 2.38. The van der Waals surface area contributed by atoms with Crippen molar-refractivity contribution < 1.29 is 22.8 Å². The SMILES string of the molecule is CC1CC1C(=O)Nc1ccc(C(=O)Nc2cc(CN)cc(C(F)(F)F)c2)cc1. The Balaban J connectivity index is 1.70. The van der Waals surface area contributed by atoms with Crippen molar-refractivity contribution in [1.29, 1.82) is 0 Å². The van der Waals surface area contributed by atoms with Crippen LogP contribution in [-0.2, 0) is 17.5 Å². The number of nitrogens with one attached hydrogen (secondary N) is 2. The molecule has 28 heavy (non-hydrogen) atoms. The lowest BCUT2D eigenvalue weighted by Gasteiger charge is -2.13. The van der Waals surface area contributed by atoms with E-state index in [1.54, 1.807) is 12.1 Å². The summed E-state index contributed by atoms with van der Waals surface area (Å²) in [6, 6.07) is 9.38. The van der Waals surface area contributed by atoms with Crippen molar-refractivity contribution in [2.75, 3.05) is 10.6 Å². The van der Waals surface area contributed by atoms with Crippen LogP contribution in [0.25, 0.3) is 0 Å². The van der Waals surface area contributed by atoms with Crippen LogP contribution >= 0.6 is 0 Å². The van der Waals surface area contributed by atoms with Gasteiger partial charge >= 0.3 is 6.18 Å². The lowest BCUT2D eigenvalue weighted by molar-refractivity contribution is -0.137. The summed E-state index contributed by atoms with van der Waals surface area (Å²) in [4.78, 5) is 24.3. The van der Waals surface area contributed by atoms with Gasteiger partial charge in [0.15, 0.2) is 0 Å². The van der Waals surface area contributed by atoms with E-state index in [-0.39, 0.29) is 35.2 Å². The van der Waals surface area contributed by atoms with E-state index < -0.39 is 17.6 Å². The first-order valence-corrected chi connectivity index (χ1v) is 8.81. The molecule has 0 aromatic heterocycles. The average Bonchev–Trinajstić information content (AvgIpc) is 3.38. The van der Waals surface area contributed by atoms with Crippen LogP contribution in [0.5, 0.6) is 0 Å². The molecule has 5 nitrogen and oxygen atoms in total. The van der Waals surface area contributed by atoms with Crippen molar-refractivity contribution in [3.8, 4) is 0 Å². The van der Waals surface area contributed by atoms with Crippen molar-refractivity contribution in [1.82, 2.24) is 0 Å². The van der Waals surface area contributed by atoms with Crippen molar-refractivity contribution in [3.05, 3.63) is 59.2 Å². The van der Waals surface area contributed by atoms with Crippen molar-refractivity contribution in [2.24, 2.45) is 17.6 Å². The van der Waals surface area contributed by atoms with Gasteiger partial charge in [-0.15, -0.1) is 0 Å². The van der Waals surface area contributed by atoms with Crippen LogP contribution in [0.1, 0.15) is 34.8 Å². The Hall–Kier alpha value is -2.87. The smallest absolute Gasteiger partial charge is 0.326 e. The maximum absolute atomic E-state index is 13.0. The quantitative estimate of drug-likeness (QED) is 0.720. The third-order valence-corrected chi connectivity index (χ3v) is 4.67. The topological polar surface area (TPSA) is 84.2 Å². The number of alkyl halides is 3. The largest absolute Gasteiger partial charge is 0.416 e. The van der Waals surface area contributed by atoms with E-state index in [1.807, 2.05) is 6.92 Å². The van der Waals surface area contributed by atoms with Gasteiger partial charge in [-0.05, 0) is 60.4 Å². The molecule has 3 rings (SSSR count). The van der Waals surface area contributed by atoms with Crippen LogP contribution in [0.2, 0.25) is 0 Å². The Kier molecular flexibility index (Phi) is 5.42. The van der Waals surface area contributed by atoms with Gasteiger partial charge in [-0.2, -0.15) is 13.2 Å². The van der Waals surface area contributed by atoms with Crippen LogP contribution in [0, 0.1) is 11.8 Å². The number of benzene rings is 2. The summed E-state index contributed by atoms with van der Waals surface area (Å²) in [5, 5.41) is 5.24. The van der Waals surface area contributed by atoms with Gasteiger partial charge in [-0.3, -0.25) is 9.59 Å². The summed E-state index contributed by atoms with van der Waals surface area (Å²) >= 11 is 0. The molecule has 0 heterocycles. The second kappa shape index (κ2) is 7.63. The zero-order valence-corrected chi connectivity index (χ0v) is 15.1. The Bertz CT molecular complexity index is 895. The fourth-order valence-corrected chi connectivity index (χ4v) is 2.88. The summed E-state index contributed by atoms with van der Waals surface area (Å²) < 4.78 is 39.0. The van der Waals surface area contributed by atoms with Crippen LogP contribution < -0.4 is 16.4 Å². The normalized spacial score (nSPS) is 18.5. The van der Waals surface area contributed by atoms with Crippen molar-refractivity contribution in [3.63, 3.8) is 0 Å². The van der Waals surface area contributed by atoms with Crippen molar-refractivity contribution >= 4 is 23.2 Å². The zero-order valence-electron chi connectivity index (χ0n) is 15.1. The Morgan fingerprint density at radius 2 is 1.71 bits per heavy atom. The predicted octanol–water partition coefficient (Wildman–Crippen LogP) is 4.01. The second-order valence-electron chi connectivity index (χ2n) is 6.96. The number of hydrogen-bond acceptors (Lipinski definition) is 3. The summed E-state index contributed by atoms with van der Waals surface area (Å²) in [5.41, 5.74) is 5.66. The number of carbonyl (C=O) groups excluding carboxylic acids is 2. The van der Waals surface area contributed by atoms with Crippen LogP contribution in [-0.4, -0.2) is 11.8 Å². The van der Waals surface area contributed by atoms with Crippen molar-refractivity contribution in [2.45, 2.75) is 26.1 Å². The standard InChI is InChI=1S/C20H20F3N3O2/c1-11-6-17(11)19(28)25-15-4-2-13(3-5-15)18(27)26-16-8-12(10-24)7-14(9-16)20(21,22)23/h2-5,7-9,11,17H,6,10,24H2,1H3,(H,25,28)(H,26,27). The van der Waals surface area contributed by atoms with Gasteiger partial charge in [0.1, 0.15) is 0 Å². The van der Waals surface area contributed by atoms with E-state index in [0.29, 0.717) is 11.6 Å². The molecule has 2 aromatic carbocycles. The lowest BCUT2D eigenvalue weighted by Crippen LogP contribution is -2.16. The number of nitrogens with two attached hydrogens (primary N) is 1. The molecule has 1 fully saturated rings. The van der Waals surface area contributed by atoms with E-state index in [0.717, 1.165) is 18.6 Å². The molecule has 2 atom stereocenters. The Morgan fingerprint density at radius 3 is 2.25 bits per heavy atom. The molecule has 1 saturated carbocycles. The first-order chi connectivity index (χ1) is 13.2. The summed E-state index contributed by atoms with van der Waals surface area (Å²) in [5.74, 6) is -0.199. The molecule has 0 bridgehead atoms. The van der Waals surface area contributed by atoms with Gasteiger partial charge in [0.05, 0.1) is 5.56 Å². The minimum Gasteiger partial charge on any atom is -0.326 e. The maximum atomic E-state index is 13.0. The summed E-state index contributed by atoms with van der Waals surface area (Å²) in [7, 11) is 0. The predicted molar refractivity (Wildman–Crippen MR) is 99.6 cm³/mol. The highest BCUT2D eigenvalue weighted by atomic mass is 19.4. The number of hydrogen-bond donors (Lipinski definition) is 3. The van der Waals surface area contributed by atoms with E-state index in [4.69, 9.17) is 5.73 Å². The van der Waals surface area contributed by atoms with E-state index in [1.165, 1.54) is 18.2 Å². The molecule has 1 aliphatic rings. The fraction of sp³-hybridized carbons (Fsp3) is 0.300. The number of amides is 2. The molecule has 1 aliphatic carbocycles. The molecular formula is C20H20F3N3O2. The third kappa shape index (κ3) is 4.69. The number of halogens is 3. The molecule has 0 radical (unpaired) electrons. The highest BCUT2D eigenvalue weighted by Gasteiger charge is 2.39. The minimum atomic E-state index is -4.54. The van der Waals surface area contributed by atoms with Crippen LogP contribution in [0.15, 0.2) is 42.5 Å². The summed E-state index contributed by atoms with van der Waals surface area (Å²) in [6.45, 7) is 1.92. The number of rotatable bonds is 5. The number of carbonyl (C=O) groups is 2. The first-order valence-electron chi connectivity index (χ1n) is 8.81.